The van der Waals surface area contributed by atoms with E-state index in [1.54, 1.807) is 0 Å². The van der Waals surface area contributed by atoms with E-state index < -0.39 is 10.0 Å². The molecule has 10 heteroatoms. The molecule has 2 aromatic carbocycles. The zero-order chi connectivity index (χ0) is 22.9. The second kappa shape index (κ2) is 9.14. The molecule has 1 aliphatic heterocycles. The number of carbonyl (C=O) groups excluding carboxylic acids is 1. The Morgan fingerprint density at radius 1 is 1.19 bits per heavy atom. The fraction of sp³-hybridized carbons (Fsp3) is 0.364. The Morgan fingerprint density at radius 3 is 2.53 bits per heavy atom. The van der Waals surface area contributed by atoms with Gasteiger partial charge in [0.1, 0.15) is 11.3 Å². The molecule has 1 N–H and O–H groups in total. The van der Waals surface area contributed by atoms with Gasteiger partial charge in [-0.2, -0.15) is 4.31 Å². The Kier molecular flexibility index (Phi) is 6.47. The van der Waals surface area contributed by atoms with Crippen LogP contribution in [0.3, 0.4) is 0 Å². The zero-order valence-electron chi connectivity index (χ0n) is 18.1. The smallest absolute Gasteiger partial charge is 0.257 e. The highest BCUT2D eigenvalue weighted by atomic mass is 32.2. The van der Waals surface area contributed by atoms with Gasteiger partial charge in [-0.25, -0.2) is 13.4 Å². The molecule has 0 saturated carbocycles. The third-order valence-corrected chi connectivity index (χ3v) is 7.82. The van der Waals surface area contributed by atoms with E-state index in [9.17, 15) is 13.2 Å². The van der Waals surface area contributed by atoms with Crippen molar-refractivity contribution >= 4 is 42.6 Å². The lowest BCUT2D eigenvalue weighted by Gasteiger charge is -2.34. The Balaban J connectivity index is 1.50. The number of carbonyl (C=O) groups is 1. The van der Waals surface area contributed by atoms with E-state index in [1.807, 2.05) is 39.0 Å². The average molecular weight is 476 g/mol. The van der Waals surface area contributed by atoms with Crippen LogP contribution in [0.1, 0.15) is 31.1 Å². The molecule has 0 spiro atoms. The van der Waals surface area contributed by atoms with Crippen molar-refractivity contribution in [2.45, 2.75) is 37.9 Å². The van der Waals surface area contributed by atoms with E-state index in [0.717, 1.165) is 4.70 Å². The van der Waals surface area contributed by atoms with Crippen LogP contribution in [0.2, 0.25) is 0 Å². The Morgan fingerprint density at radius 2 is 1.88 bits per heavy atom. The molecule has 3 aromatic rings. The number of benzene rings is 2. The van der Waals surface area contributed by atoms with Gasteiger partial charge in [-0.15, -0.1) is 0 Å². The maximum absolute atomic E-state index is 13.0. The van der Waals surface area contributed by atoms with Crippen LogP contribution >= 0.6 is 11.3 Å². The minimum Gasteiger partial charge on any atom is -0.492 e. The number of morpholine rings is 1. The number of sulfonamides is 1. The number of rotatable bonds is 6. The molecule has 1 fully saturated rings. The van der Waals surface area contributed by atoms with Crippen LogP contribution in [-0.2, 0) is 14.8 Å². The van der Waals surface area contributed by atoms with Crippen LogP contribution in [0, 0.1) is 0 Å². The number of nitrogens with zero attached hydrogens (tertiary/aromatic N) is 2. The van der Waals surface area contributed by atoms with Crippen LogP contribution in [-0.4, -0.2) is 55.5 Å². The van der Waals surface area contributed by atoms with Crippen molar-refractivity contribution in [3.8, 4) is 5.75 Å². The molecule has 0 bridgehead atoms. The second-order valence-corrected chi connectivity index (χ2v) is 10.6. The summed E-state index contributed by atoms with van der Waals surface area (Å²) < 4.78 is 39.5. The number of ether oxygens (including phenoxy) is 2. The zero-order valence-corrected chi connectivity index (χ0v) is 19.7. The van der Waals surface area contributed by atoms with Gasteiger partial charge in [-0.3, -0.25) is 10.1 Å². The van der Waals surface area contributed by atoms with Crippen LogP contribution in [0.25, 0.3) is 10.2 Å². The molecule has 4 rings (SSSR count). The van der Waals surface area contributed by atoms with Gasteiger partial charge in [0.2, 0.25) is 10.0 Å². The fourth-order valence-corrected chi connectivity index (χ4v) is 6.14. The number of fused-ring (bicyclic) bond motifs is 1. The first-order valence-electron chi connectivity index (χ1n) is 10.4. The molecule has 1 saturated heterocycles. The van der Waals surface area contributed by atoms with Crippen molar-refractivity contribution in [3.63, 3.8) is 0 Å². The molecule has 0 radical (unpaired) electrons. The number of nitrogens with one attached hydrogen (secondary N) is 1. The van der Waals surface area contributed by atoms with E-state index in [2.05, 4.69) is 10.3 Å². The summed E-state index contributed by atoms with van der Waals surface area (Å²) in [5.74, 6) is 0.308. The van der Waals surface area contributed by atoms with Crippen LogP contribution in [0.4, 0.5) is 5.13 Å². The highest BCUT2D eigenvalue weighted by Crippen LogP contribution is 2.32. The number of aromatic nitrogens is 1. The van der Waals surface area contributed by atoms with Gasteiger partial charge in [0.15, 0.2) is 5.13 Å². The highest BCUT2D eigenvalue weighted by Gasteiger charge is 2.32. The van der Waals surface area contributed by atoms with Crippen molar-refractivity contribution in [3.05, 3.63) is 48.0 Å². The van der Waals surface area contributed by atoms with Crippen molar-refractivity contribution in [2.75, 3.05) is 25.0 Å². The van der Waals surface area contributed by atoms with Crippen LogP contribution in [0.5, 0.6) is 5.75 Å². The number of para-hydroxylation sites is 1. The summed E-state index contributed by atoms with van der Waals surface area (Å²) in [6.45, 7) is 6.73. The lowest BCUT2D eigenvalue weighted by atomic mass is 10.2. The molecule has 170 valence electrons. The number of thiazole rings is 1. The third kappa shape index (κ3) is 4.63. The SMILES string of the molecule is CCOc1cccc2sc(NC(=O)c3ccc(S(=O)(=O)N4CC(C)OC(C)C4)cc3)nc12. The summed E-state index contributed by atoms with van der Waals surface area (Å²) in [5, 5.41) is 3.24. The van der Waals surface area contributed by atoms with E-state index in [1.165, 1.54) is 39.9 Å². The summed E-state index contributed by atoms with van der Waals surface area (Å²) >= 11 is 1.35. The number of hydrogen-bond donors (Lipinski definition) is 1. The minimum absolute atomic E-state index is 0.150. The van der Waals surface area contributed by atoms with Crippen LogP contribution in [0.15, 0.2) is 47.4 Å². The first-order chi connectivity index (χ1) is 15.3. The van der Waals surface area contributed by atoms with Crippen molar-refractivity contribution in [1.82, 2.24) is 9.29 Å². The van der Waals surface area contributed by atoms with E-state index in [4.69, 9.17) is 9.47 Å². The van der Waals surface area contributed by atoms with E-state index in [-0.39, 0.29) is 23.0 Å². The summed E-state index contributed by atoms with van der Waals surface area (Å²) in [4.78, 5) is 17.3. The summed E-state index contributed by atoms with van der Waals surface area (Å²) in [7, 11) is -3.66. The standard InChI is InChI=1S/C22H25N3O5S2/c1-4-29-18-6-5-7-19-20(18)23-22(31-19)24-21(26)16-8-10-17(11-9-16)32(27,28)25-12-14(2)30-15(3)13-25/h5-11,14-15H,4,12-13H2,1-3H3,(H,23,24,26). The molecule has 2 unspecified atom stereocenters. The highest BCUT2D eigenvalue weighted by molar-refractivity contribution is 7.89. The molecular formula is C22H25N3O5S2. The van der Waals surface area contributed by atoms with Crippen molar-refractivity contribution in [2.24, 2.45) is 0 Å². The average Bonchev–Trinajstić information content (AvgIpc) is 3.17. The quantitative estimate of drug-likeness (QED) is 0.583. The van der Waals surface area contributed by atoms with Gasteiger partial charge in [0.05, 0.1) is 28.4 Å². The number of hydrogen-bond acceptors (Lipinski definition) is 7. The summed E-state index contributed by atoms with van der Waals surface area (Å²) in [6.07, 6.45) is -0.341. The minimum atomic E-state index is -3.66. The Bertz CT molecular complexity index is 1210. The fourth-order valence-electron chi connectivity index (χ4n) is 3.67. The maximum Gasteiger partial charge on any atom is 0.257 e. The molecule has 0 aliphatic carbocycles. The molecule has 2 heterocycles. The lowest BCUT2D eigenvalue weighted by molar-refractivity contribution is -0.0440. The predicted molar refractivity (Wildman–Crippen MR) is 124 cm³/mol. The largest absolute Gasteiger partial charge is 0.492 e. The second-order valence-electron chi connectivity index (χ2n) is 7.61. The lowest BCUT2D eigenvalue weighted by Crippen LogP contribution is -2.48. The molecule has 1 aliphatic rings. The maximum atomic E-state index is 13.0. The van der Waals surface area contributed by atoms with E-state index in [0.29, 0.717) is 41.7 Å². The molecule has 1 aromatic heterocycles. The summed E-state index contributed by atoms with van der Waals surface area (Å²) in [5.41, 5.74) is 1.04. The van der Waals surface area contributed by atoms with Gasteiger partial charge in [0, 0.05) is 18.7 Å². The van der Waals surface area contributed by atoms with Gasteiger partial charge in [-0.1, -0.05) is 17.4 Å². The van der Waals surface area contributed by atoms with Crippen molar-refractivity contribution in [1.29, 1.82) is 0 Å². The Labute approximate surface area is 191 Å². The van der Waals surface area contributed by atoms with Crippen molar-refractivity contribution < 1.29 is 22.7 Å². The number of anilines is 1. The summed E-state index contributed by atoms with van der Waals surface area (Å²) in [6, 6.07) is 11.6. The molecule has 2 atom stereocenters. The first-order valence-corrected chi connectivity index (χ1v) is 12.6. The van der Waals surface area contributed by atoms with Gasteiger partial charge in [0.25, 0.3) is 5.91 Å². The molecule has 32 heavy (non-hydrogen) atoms. The van der Waals surface area contributed by atoms with E-state index >= 15 is 0 Å². The third-order valence-electron chi connectivity index (χ3n) is 5.04. The monoisotopic (exact) mass is 475 g/mol. The Hall–Kier alpha value is -2.53. The molecule has 8 nitrogen and oxygen atoms in total. The predicted octanol–water partition coefficient (Wildman–Crippen LogP) is 3.75. The first kappa shape index (κ1) is 22.7. The van der Waals surface area contributed by atoms with Gasteiger partial charge < -0.3 is 9.47 Å². The molecule has 1 amide bonds. The van der Waals surface area contributed by atoms with Gasteiger partial charge >= 0.3 is 0 Å². The topological polar surface area (TPSA) is 97.8 Å². The normalized spacial score (nSPS) is 19.7. The molecular weight excluding hydrogens is 450 g/mol. The van der Waals surface area contributed by atoms with Gasteiger partial charge in [-0.05, 0) is 57.2 Å². The number of amides is 1. The van der Waals surface area contributed by atoms with Crippen LogP contribution < -0.4 is 10.1 Å².